The second kappa shape index (κ2) is 5.81. The lowest BCUT2D eigenvalue weighted by atomic mass is 10.0. The van der Waals surface area contributed by atoms with Crippen molar-refractivity contribution in [3.63, 3.8) is 0 Å². The van der Waals surface area contributed by atoms with E-state index >= 15 is 0 Å². The van der Waals surface area contributed by atoms with E-state index in [9.17, 15) is 8.42 Å². The average Bonchev–Trinajstić information content (AvgIpc) is 2.39. The highest BCUT2D eigenvalue weighted by Gasteiger charge is 2.29. The predicted octanol–water partition coefficient (Wildman–Crippen LogP) is 2.88. The largest absolute Gasteiger partial charge is 0.496 e. The normalized spacial score (nSPS) is 21.3. The van der Waals surface area contributed by atoms with Gasteiger partial charge in [0, 0.05) is 19.2 Å². The van der Waals surface area contributed by atoms with Crippen molar-refractivity contribution in [2.45, 2.75) is 24.7 Å². The first-order valence-electron chi connectivity index (χ1n) is 6.29. The summed E-state index contributed by atoms with van der Waals surface area (Å²) in [6, 6.07) is 4.89. The number of rotatable bonds is 3. The van der Waals surface area contributed by atoms with Crippen molar-refractivity contribution in [1.29, 1.82) is 0 Å². The van der Waals surface area contributed by atoms with Crippen LogP contribution in [0.1, 0.15) is 19.8 Å². The van der Waals surface area contributed by atoms with Crippen LogP contribution in [0.15, 0.2) is 27.6 Å². The molecule has 0 N–H and O–H groups in total. The molecule has 0 aliphatic carbocycles. The fourth-order valence-electron chi connectivity index (χ4n) is 2.31. The number of halogens is 1. The second-order valence-electron chi connectivity index (χ2n) is 4.91. The van der Waals surface area contributed by atoms with E-state index in [0.29, 0.717) is 29.7 Å². The first-order chi connectivity index (χ1) is 8.95. The van der Waals surface area contributed by atoms with Gasteiger partial charge < -0.3 is 4.74 Å². The number of piperidine rings is 1. The van der Waals surface area contributed by atoms with Gasteiger partial charge in [-0.2, -0.15) is 4.31 Å². The number of ether oxygens (including phenoxy) is 1. The maximum Gasteiger partial charge on any atom is 0.243 e. The molecule has 106 valence electrons. The van der Waals surface area contributed by atoms with Crippen molar-refractivity contribution in [1.82, 2.24) is 4.31 Å². The molecule has 0 amide bonds. The van der Waals surface area contributed by atoms with Crippen LogP contribution < -0.4 is 4.74 Å². The summed E-state index contributed by atoms with van der Waals surface area (Å²) in [5.74, 6) is 0.951. The van der Waals surface area contributed by atoms with Gasteiger partial charge in [0.25, 0.3) is 0 Å². The van der Waals surface area contributed by atoms with Gasteiger partial charge in [-0.1, -0.05) is 6.92 Å². The van der Waals surface area contributed by atoms with E-state index in [1.165, 1.54) is 7.11 Å². The fraction of sp³-hybridized carbons (Fsp3) is 0.538. The highest BCUT2D eigenvalue weighted by atomic mass is 79.9. The number of nitrogens with zero attached hydrogens (tertiary/aromatic N) is 1. The highest BCUT2D eigenvalue weighted by molar-refractivity contribution is 9.10. The van der Waals surface area contributed by atoms with Crippen molar-refractivity contribution < 1.29 is 13.2 Å². The molecule has 1 fully saturated rings. The molecule has 1 aliphatic rings. The van der Waals surface area contributed by atoms with E-state index < -0.39 is 10.0 Å². The Morgan fingerprint density at radius 2 is 2.16 bits per heavy atom. The Bertz CT molecular complexity index is 559. The Hall–Kier alpha value is -0.590. The third-order valence-electron chi connectivity index (χ3n) is 3.38. The molecule has 1 aromatic rings. The zero-order valence-corrected chi connectivity index (χ0v) is 13.5. The van der Waals surface area contributed by atoms with Gasteiger partial charge in [0.05, 0.1) is 16.5 Å². The molecule has 19 heavy (non-hydrogen) atoms. The molecule has 6 heteroatoms. The Balaban J connectivity index is 2.33. The number of hydrogen-bond acceptors (Lipinski definition) is 3. The summed E-state index contributed by atoms with van der Waals surface area (Å²) >= 11 is 3.33. The molecule has 0 bridgehead atoms. The zero-order valence-electron chi connectivity index (χ0n) is 11.1. The van der Waals surface area contributed by atoms with Crippen LogP contribution in [0.4, 0.5) is 0 Å². The molecule has 0 radical (unpaired) electrons. The summed E-state index contributed by atoms with van der Waals surface area (Å²) in [5.41, 5.74) is 0. The molecule has 4 nitrogen and oxygen atoms in total. The molecule has 1 saturated heterocycles. The summed E-state index contributed by atoms with van der Waals surface area (Å²) in [5, 5.41) is 0. The van der Waals surface area contributed by atoms with E-state index in [2.05, 4.69) is 22.9 Å². The first kappa shape index (κ1) is 14.8. The monoisotopic (exact) mass is 347 g/mol. The molecule has 0 saturated carbocycles. The summed E-state index contributed by atoms with van der Waals surface area (Å²) in [7, 11) is -1.88. The third-order valence-corrected chi connectivity index (χ3v) is 5.90. The molecule has 1 atom stereocenters. The lowest BCUT2D eigenvalue weighted by Crippen LogP contribution is -2.39. The Morgan fingerprint density at radius 1 is 1.42 bits per heavy atom. The SMILES string of the molecule is COc1cc(S(=O)(=O)N2CCC[C@@H](C)C2)ccc1Br. The lowest BCUT2D eigenvalue weighted by molar-refractivity contribution is 0.281. The van der Waals surface area contributed by atoms with Gasteiger partial charge in [-0.15, -0.1) is 0 Å². The van der Waals surface area contributed by atoms with Crippen LogP contribution in [-0.4, -0.2) is 32.9 Å². The van der Waals surface area contributed by atoms with Crippen molar-refractivity contribution in [2.75, 3.05) is 20.2 Å². The number of benzene rings is 1. The van der Waals surface area contributed by atoms with Crippen LogP contribution in [0.5, 0.6) is 5.75 Å². The van der Waals surface area contributed by atoms with Crippen LogP contribution in [-0.2, 0) is 10.0 Å². The Kier molecular flexibility index (Phi) is 4.53. The maximum atomic E-state index is 12.6. The van der Waals surface area contributed by atoms with Gasteiger partial charge in [-0.05, 0) is 46.8 Å². The fourth-order valence-corrected chi connectivity index (χ4v) is 4.34. The molecule has 1 heterocycles. The van der Waals surface area contributed by atoms with Crippen LogP contribution >= 0.6 is 15.9 Å². The molecular weight excluding hydrogens is 330 g/mol. The highest BCUT2D eigenvalue weighted by Crippen LogP contribution is 2.30. The summed E-state index contributed by atoms with van der Waals surface area (Å²) in [4.78, 5) is 0.293. The van der Waals surface area contributed by atoms with Crippen molar-refractivity contribution in [3.05, 3.63) is 22.7 Å². The number of hydrogen-bond donors (Lipinski definition) is 0. The third kappa shape index (κ3) is 3.12. The van der Waals surface area contributed by atoms with Crippen molar-refractivity contribution in [3.8, 4) is 5.75 Å². The molecular formula is C13H18BrNO3S. The predicted molar refractivity (Wildman–Crippen MR) is 77.9 cm³/mol. The topological polar surface area (TPSA) is 46.6 Å². The quantitative estimate of drug-likeness (QED) is 0.844. The van der Waals surface area contributed by atoms with Gasteiger partial charge >= 0.3 is 0 Å². The van der Waals surface area contributed by atoms with Gasteiger partial charge in [0.2, 0.25) is 10.0 Å². The van der Waals surface area contributed by atoms with Gasteiger partial charge in [-0.25, -0.2) is 8.42 Å². The van der Waals surface area contributed by atoms with Crippen molar-refractivity contribution in [2.24, 2.45) is 5.92 Å². The minimum absolute atomic E-state index is 0.293. The molecule has 0 spiro atoms. The molecule has 2 rings (SSSR count). The van der Waals surface area contributed by atoms with Crippen LogP contribution in [0.25, 0.3) is 0 Å². The minimum atomic E-state index is -3.41. The van der Waals surface area contributed by atoms with Gasteiger partial charge in [0.15, 0.2) is 0 Å². The lowest BCUT2D eigenvalue weighted by Gasteiger charge is -2.30. The molecule has 0 aromatic heterocycles. The van der Waals surface area contributed by atoms with Crippen LogP contribution in [0.2, 0.25) is 0 Å². The van der Waals surface area contributed by atoms with Crippen molar-refractivity contribution >= 4 is 26.0 Å². The molecule has 0 unspecified atom stereocenters. The number of methoxy groups -OCH3 is 1. The standard InChI is InChI=1S/C13H18BrNO3S/c1-10-4-3-7-15(9-10)19(16,17)11-5-6-12(14)13(8-11)18-2/h5-6,8,10H,3-4,7,9H2,1-2H3/t10-/m1/s1. The van der Waals surface area contributed by atoms with E-state index in [0.717, 1.165) is 17.3 Å². The minimum Gasteiger partial charge on any atom is -0.496 e. The number of sulfonamides is 1. The summed E-state index contributed by atoms with van der Waals surface area (Å²) < 4.78 is 32.6. The Labute approximate surface area is 122 Å². The first-order valence-corrected chi connectivity index (χ1v) is 8.52. The summed E-state index contributed by atoms with van der Waals surface area (Å²) in [6.07, 6.45) is 2.02. The Morgan fingerprint density at radius 3 is 2.79 bits per heavy atom. The molecule has 1 aromatic carbocycles. The molecule has 1 aliphatic heterocycles. The summed E-state index contributed by atoms with van der Waals surface area (Å²) in [6.45, 7) is 3.29. The average molecular weight is 348 g/mol. The van der Waals surface area contributed by atoms with Crippen LogP contribution in [0, 0.1) is 5.92 Å². The van der Waals surface area contributed by atoms with E-state index in [1.54, 1.807) is 22.5 Å². The van der Waals surface area contributed by atoms with Gasteiger partial charge in [0.1, 0.15) is 5.75 Å². The van der Waals surface area contributed by atoms with E-state index in [-0.39, 0.29) is 0 Å². The maximum absolute atomic E-state index is 12.6. The second-order valence-corrected chi connectivity index (χ2v) is 7.70. The van der Waals surface area contributed by atoms with Gasteiger partial charge in [-0.3, -0.25) is 0 Å². The van der Waals surface area contributed by atoms with E-state index in [1.807, 2.05) is 0 Å². The zero-order chi connectivity index (χ0) is 14.0. The van der Waals surface area contributed by atoms with E-state index in [4.69, 9.17) is 4.74 Å². The smallest absolute Gasteiger partial charge is 0.243 e. The van der Waals surface area contributed by atoms with Crippen LogP contribution in [0.3, 0.4) is 0 Å².